The molecule has 2 rings (SSSR count). The summed E-state index contributed by atoms with van der Waals surface area (Å²) in [6.07, 6.45) is 7.13. The highest BCUT2D eigenvalue weighted by molar-refractivity contribution is 5.40. The Kier molecular flexibility index (Phi) is 4.20. The smallest absolute Gasteiger partial charge is 0.147 e. The van der Waals surface area contributed by atoms with E-state index >= 15 is 0 Å². The maximum absolute atomic E-state index is 4.65. The van der Waals surface area contributed by atoms with Crippen LogP contribution in [-0.2, 0) is 6.54 Å². The summed E-state index contributed by atoms with van der Waals surface area (Å²) in [6, 6.07) is 0. The standard InChI is InChI=1S/C15H24N4/c1-15(2,3)12-5-7-19(8-6-12)14-11-17-10-13(18-14)9-16-4/h5,10-11,16H,6-9H2,1-4H3. The summed E-state index contributed by atoms with van der Waals surface area (Å²) >= 11 is 0. The average molecular weight is 260 g/mol. The zero-order valence-corrected chi connectivity index (χ0v) is 12.4. The van der Waals surface area contributed by atoms with Crippen molar-refractivity contribution in [3.8, 4) is 0 Å². The molecular formula is C15H24N4. The van der Waals surface area contributed by atoms with Gasteiger partial charge in [0.05, 0.1) is 11.9 Å². The third-order valence-corrected chi connectivity index (χ3v) is 3.53. The van der Waals surface area contributed by atoms with Crippen LogP contribution in [0.2, 0.25) is 0 Å². The van der Waals surface area contributed by atoms with Crippen molar-refractivity contribution in [3.63, 3.8) is 0 Å². The van der Waals surface area contributed by atoms with Gasteiger partial charge in [-0.1, -0.05) is 32.4 Å². The quantitative estimate of drug-likeness (QED) is 0.847. The van der Waals surface area contributed by atoms with Gasteiger partial charge in [-0.2, -0.15) is 0 Å². The van der Waals surface area contributed by atoms with E-state index in [0.29, 0.717) is 0 Å². The van der Waals surface area contributed by atoms with Crippen LogP contribution in [0.3, 0.4) is 0 Å². The predicted octanol–water partition coefficient (Wildman–Crippen LogP) is 2.38. The van der Waals surface area contributed by atoms with E-state index in [0.717, 1.165) is 37.6 Å². The Bertz CT molecular complexity index is 459. The topological polar surface area (TPSA) is 41.1 Å². The molecule has 0 atom stereocenters. The Morgan fingerprint density at radius 2 is 2.11 bits per heavy atom. The summed E-state index contributed by atoms with van der Waals surface area (Å²) in [6.45, 7) is 9.56. The Morgan fingerprint density at radius 3 is 2.68 bits per heavy atom. The molecule has 104 valence electrons. The summed E-state index contributed by atoms with van der Waals surface area (Å²) < 4.78 is 0. The minimum absolute atomic E-state index is 0.283. The molecule has 0 aromatic carbocycles. The van der Waals surface area contributed by atoms with Crippen LogP contribution in [0.25, 0.3) is 0 Å². The molecule has 1 N–H and O–H groups in total. The SMILES string of the molecule is CNCc1cncc(N2CC=C(C(C)(C)C)CC2)n1. The monoisotopic (exact) mass is 260 g/mol. The molecule has 0 saturated carbocycles. The summed E-state index contributed by atoms with van der Waals surface area (Å²) in [5.41, 5.74) is 2.82. The molecule has 0 radical (unpaired) electrons. The number of hydrogen-bond acceptors (Lipinski definition) is 4. The number of hydrogen-bond donors (Lipinski definition) is 1. The van der Waals surface area contributed by atoms with Crippen molar-refractivity contribution in [1.82, 2.24) is 15.3 Å². The van der Waals surface area contributed by atoms with Gasteiger partial charge in [-0.25, -0.2) is 4.98 Å². The average Bonchev–Trinajstić information content (AvgIpc) is 2.39. The molecule has 0 fully saturated rings. The number of nitrogens with zero attached hydrogens (tertiary/aromatic N) is 3. The van der Waals surface area contributed by atoms with Crippen LogP contribution in [-0.4, -0.2) is 30.1 Å². The van der Waals surface area contributed by atoms with E-state index in [4.69, 9.17) is 0 Å². The van der Waals surface area contributed by atoms with E-state index in [1.165, 1.54) is 0 Å². The van der Waals surface area contributed by atoms with Gasteiger partial charge < -0.3 is 10.2 Å². The van der Waals surface area contributed by atoms with Gasteiger partial charge in [0.25, 0.3) is 0 Å². The summed E-state index contributed by atoms with van der Waals surface area (Å²) in [7, 11) is 1.92. The van der Waals surface area contributed by atoms with E-state index in [1.807, 2.05) is 19.4 Å². The predicted molar refractivity (Wildman–Crippen MR) is 79.2 cm³/mol. The number of nitrogens with one attached hydrogen (secondary N) is 1. The van der Waals surface area contributed by atoms with Gasteiger partial charge in [-0.3, -0.25) is 4.98 Å². The molecule has 1 aliphatic heterocycles. The van der Waals surface area contributed by atoms with Crippen LogP contribution < -0.4 is 10.2 Å². The minimum Gasteiger partial charge on any atom is -0.351 e. The van der Waals surface area contributed by atoms with Crippen molar-refractivity contribution in [2.45, 2.75) is 33.7 Å². The maximum Gasteiger partial charge on any atom is 0.147 e. The zero-order valence-electron chi connectivity index (χ0n) is 12.4. The Hall–Kier alpha value is -1.42. The molecule has 0 bridgehead atoms. The van der Waals surface area contributed by atoms with Crippen molar-refractivity contribution in [3.05, 3.63) is 29.7 Å². The molecule has 2 heterocycles. The third kappa shape index (κ3) is 3.53. The molecule has 1 aliphatic rings. The molecule has 19 heavy (non-hydrogen) atoms. The highest BCUT2D eigenvalue weighted by Gasteiger charge is 2.21. The first kappa shape index (κ1) is 14.0. The Labute approximate surface area is 115 Å². The molecule has 0 spiro atoms. The lowest BCUT2D eigenvalue weighted by Gasteiger charge is -2.32. The molecule has 0 saturated heterocycles. The van der Waals surface area contributed by atoms with E-state index in [-0.39, 0.29) is 5.41 Å². The highest BCUT2D eigenvalue weighted by atomic mass is 15.2. The minimum atomic E-state index is 0.283. The van der Waals surface area contributed by atoms with Gasteiger partial charge in [0.2, 0.25) is 0 Å². The van der Waals surface area contributed by atoms with E-state index < -0.39 is 0 Å². The van der Waals surface area contributed by atoms with Gasteiger partial charge in [0, 0.05) is 25.8 Å². The van der Waals surface area contributed by atoms with E-state index in [2.05, 4.69) is 47.0 Å². The number of anilines is 1. The summed E-state index contributed by atoms with van der Waals surface area (Å²) in [5, 5.41) is 3.11. The van der Waals surface area contributed by atoms with Gasteiger partial charge in [0.1, 0.15) is 5.82 Å². The second-order valence-corrected chi connectivity index (χ2v) is 6.07. The van der Waals surface area contributed by atoms with Crippen LogP contribution in [0.4, 0.5) is 5.82 Å². The summed E-state index contributed by atoms with van der Waals surface area (Å²) in [5.74, 6) is 0.983. The first-order chi connectivity index (χ1) is 9.00. The first-order valence-electron chi connectivity index (χ1n) is 6.90. The molecule has 0 amide bonds. The fourth-order valence-corrected chi connectivity index (χ4v) is 2.37. The van der Waals surface area contributed by atoms with Crippen molar-refractivity contribution >= 4 is 5.82 Å². The molecule has 1 aromatic heterocycles. The Balaban J connectivity index is 2.09. The van der Waals surface area contributed by atoms with Crippen LogP contribution in [0.15, 0.2) is 24.0 Å². The van der Waals surface area contributed by atoms with Crippen molar-refractivity contribution in [1.29, 1.82) is 0 Å². The number of rotatable bonds is 3. The normalized spacial score (nSPS) is 16.4. The second kappa shape index (κ2) is 5.70. The fraction of sp³-hybridized carbons (Fsp3) is 0.600. The molecule has 4 nitrogen and oxygen atoms in total. The van der Waals surface area contributed by atoms with Crippen LogP contribution in [0.1, 0.15) is 32.9 Å². The van der Waals surface area contributed by atoms with Crippen molar-refractivity contribution < 1.29 is 0 Å². The van der Waals surface area contributed by atoms with Gasteiger partial charge in [-0.15, -0.1) is 0 Å². The summed E-state index contributed by atoms with van der Waals surface area (Å²) in [4.78, 5) is 11.2. The van der Waals surface area contributed by atoms with Crippen molar-refractivity contribution in [2.75, 3.05) is 25.0 Å². The lowest BCUT2D eigenvalue weighted by molar-refractivity contribution is 0.472. The molecule has 1 aromatic rings. The first-order valence-corrected chi connectivity index (χ1v) is 6.90. The van der Waals surface area contributed by atoms with Crippen molar-refractivity contribution in [2.24, 2.45) is 5.41 Å². The van der Waals surface area contributed by atoms with Crippen LogP contribution >= 0.6 is 0 Å². The zero-order chi connectivity index (χ0) is 13.9. The number of aromatic nitrogens is 2. The lowest BCUT2D eigenvalue weighted by Crippen LogP contribution is -2.32. The molecular weight excluding hydrogens is 236 g/mol. The van der Waals surface area contributed by atoms with Gasteiger partial charge >= 0.3 is 0 Å². The molecule has 0 aliphatic carbocycles. The lowest BCUT2D eigenvalue weighted by atomic mass is 9.83. The second-order valence-electron chi connectivity index (χ2n) is 6.07. The van der Waals surface area contributed by atoms with Gasteiger partial charge in [0.15, 0.2) is 0 Å². The van der Waals surface area contributed by atoms with Crippen LogP contribution in [0, 0.1) is 5.41 Å². The Morgan fingerprint density at radius 1 is 1.32 bits per heavy atom. The highest BCUT2D eigenvalue weighted by Crippen LogP contribution is 2.30. The maximum atomic E-state index is 4.65. The molecule has 0 unspecified atom stereocenters. The van der Waals surface area contributed by atoms with Gasteiger partial charge in [-0.05, 0) is 18.9 Å². The third-order valence-electron chi connectivity index (χ3n) is 3.53. The van der Waals surface area contributed by atoms with E-state index in [1.54, 1.807) is 5.57 Å². The fourth-order valence-electron chi connectivity index (χ4n) is 2.37. The molecule has 4 heteroatoms. The largest absolute Gasteiger partial charge is 0.351 e. The van der Waals surface area contributed by atoms with Crippen LogP contribution in [0.5, 0.6) is 0 Å². The van der Waals surface area contributed by atoms with E-state index in [9.17, 15) is 0 Å².